The zero-order chi connectivity index (χ0) is 38.2. The van der Waals surface area contributed by atoms with Gasteiger partial charge in [-0.1, -0.05) is 127 Å². The van der Waals surface area contributed by atoms with Crippen molar-refractivity contribution in [2.45, 2.75) is 12.8 Å². The first-order chi connectivity index (χ1) is 28.8. The Kier molecular flexibility index (Phi) is 7.75. The molecule has 58 heavy (non-hydrogen) atoms. The van der Waals surface area contributed by atoms with E-state index in [-0.39, 0.29) is 0 Å². The molecular formula is C54H36N2S2. The Morgan fingerprint density at radius 2 is 1.07 bits per heavy atom. The maximum absolute atomic E-state index is 2.55. The molecule has 0 aliphatic heterocycles. The van der Waals surface area contributed by atoms with Crippen LogP contribution in [0.3, 0.4) is 0 Å². The summed E-state index contributed by atoms with van der Waals surface area (Å²) in [7, 11) is 0. The van der Waals surface area contributed by atoms with E-state index in [2.05, 4.69) is 204 Å². The average Bonchev–Trinajstić information content (AvgIpc) is 3.97. The highest BCUT2D eigenvalue weighted by Crippen LogP contribution is 2.47. The molecule has 0 N–H and O–H groups in total. The first-order valence-electron chi connectivity index (χ1n) is 20.0. The van der Waals surface area contributed by atoms with Gasteiger partial charge in [-0.2, -0.15) is 0 Å². The molecule has 1 aliphatic rings. The zero-order valence-electron chi connectivity index (χ0n) is 31.6. The smallest absolute Gasteiger partial charge is 0.0640 e. The highest BCUT2D eigenvalue weighted by molar-refractivity contribution is 7.26. The summed E-state index contributed by atoms with van der Waals surface area (Å²) in [6.07, 6.45) is 4.44. The van der Waals surface area contributed by atoms with Gasteiger partial charge >= 0.3 is 0 Å². The summed E-state index contributed by atoms with van der Waals surface area (Å²) in [5.74, 6) is 0. The van der Waals surface area contributed by atoms with E-state index in [1.165, 1.54) is 96.1 Å². The lowest BCUT2D eigenvalue weighted by Gasteiger charge is -2.26. The van der Waals surface area contributed by atoms with Crippen LogP contribution in [-0.2, 0) is 6.42 Å². The van der Waals surface area contributed by atoms with E-state index < -0.39 is 0 Å². The third-order valence-electron chi connectivity index (χ3n) is 11.9. The van der Waals surface area contributed by atoms with Gasteiger partial charge in [-0.3, -0.25) is 0 Å². The highest BCUT2D eigenvalue weighted by atomic mass is 32.1. The Morgan fingerprint density at radius 1 is 0.448 bits per heavy atom. The van der Waals surface area contributed by atoms with Crippen molar-refractivity contribution in [3.05, 3.63) is 205 Å². The number of benzene rings is 8. The molecule has 0 spiro atoms. The fourth-order valence-electron chi connectivity index (χ4n) is 9.26. The van der Waals surface area contributed by atoms with Crippen molar-refractivity contribution >= 4 is 103 Å². The maximum Gasteiger partial charge on any atom is 0.0640 e. The van der Waals surface area contributed by atoms with Crippen molar-refractivity contribution in [1.82, 2.24) is 4.57 Å². The summed E-state index contributed by atoms with van der Waals surface area (Å²) >= 11 is 3.77. The molecule has 0 fully saturated rings. The van der Waals surface area contributed by atoms with Gasteiger partial charge in [-0.15, -0.1) is 22.7 Å². The van der Waals surface area contributed by atoms with Crippen molar-refractivity contribution in [1.29, 1.82) is 0 Å². The van der Waals surface area contributed by atoms with Gasteiger partial charge in [0, 0.05) is 74.9 Å². The number of nitrogens with zero attached hydrogens (tertiary/aromatic N) is 2. The molecule has 4 heteroatoms. The van der Waals surface area contributed by atoms with Gasteiger partial charge in [-0.05, 0) is 96.3 Å². The van der Waals surface area contributed by atoms with E-state index >= 15 is 0 Å². The van der Waals surface area contributed by atoms with Gasteiger partial charge in [0.1, 0.15) is 0 Å². The Labute approximate surface area is 344 Å². The fraction of sp³-hybridized carbons (Fsp3) is 0.0370. The number of hydrogen-bond donors (Lipinski definition) is 0. The molecule has 1 aliphatic carbocycles. The number of fused-ring (bicyclic) bond motifs is 9. The largest absolute Gasteiger partial charge is 0.313 e. The fourth-order valence-corrected chi connectivity index (χ4v) is 11.7. The second-order valence-corrected chi connectivity index (χ2v) is 17.3. The Bertz CT molecular complexity index is 3380. The SMILES string of the molecule is C1=C(c2ccccc2)CCc2c1c1ccccc1n2-c1cc(-c2ccc(N(c3ccccc3)c3cccc4c3sc3ccccc34)cc2)c2sc3ccccc3c2c1. The van der Waals surface area contributed by atoms with Crippen molar-refractivity contribution < 1.29 is 0 Å². The summed E-state index contributed by atoms with van der Waals surface area (Å²) in [6.45, 7) is 0. The van der Waals surface area contributed by atoms with Crippen molar-refractivity contribution in [3.63, 3.8) is 0 Å². The van der Waals surface area contributed by atoms with Crippen LogP contribution in [0.25, 0.3) is 79.7 Å². The molecule has 0 unspecified atom stereocenters. The second kappa shape index (κ2) is 13.5. The summed E-state index contributed by atoms with van der Waals surface area (Å²) < 4.78 is 7.79. The van der Waals surface area contributed by atoms with Gasteiger partial charge in [0.05, 0.1) is 15.9 Å². The average molecular weight is 777 g/mol. The lowest BCUT2D eigenvalue weighted by Crippen LogP contribution is -2.09. The first kappa shape index (κ1) is 33.4. The number of rotatable bonds is 6. The lowest BCUT2D eigenvalue weighted by molar-refractivity contribution is 0.899. The minimum Gasteiger partial charge on any atom is -0.313 e. The molecule has 0 bridgehead atoms. The lowest BCUT2D eigenvalue weighted by atomic mass is 9.91. The van der Waals surface area contributed by atoms with E-state index in [0.717, 1.165) is 24.2 Å². The van der Waals surface area contributed by atoms with E-state index in [9.17, 15) is 0 Å². The molecule has 8 aromatic carbocycles. The molecule has 274 valence electrons. The summed E-state index contributed by atoms with van der Waals surface area (Å²) in [5, 5.41) is 6.53. The molecule has 2 nitrogen and oxygen atoms in total. The van der Waals surface area contributed by atoms with Crippen LogP contribution in [0.5, 0.6) is 0 Å². The van der Waals surface area contributed by atoms with Gasteiger partial charge in [0.2, 0.25) is 0 Å². The van der Waals surface area contributed by atoms with Crippen LogP contribution in [0, 0.1) is 0 Å². The predicted octanol–water partition coefficient (Wildman–Crippen LogP) is 16.0. The summed E-state index contributed by atoms with van der Waals surface area (Å²) in [4.78, 5) is 2.42. The normalized spacial score (nSPS) is 12.8. The van der Waals surface area contributed by atoms with Crippen molar-refractivity contribution in [2.24, 2.45) is 0 Å². The number of aromatic nitrogens is 1. The summed E-state index contributed by atoms with van der Waals surface area (Å²) in [6, 6.07) is 69.2. The van der Waals surface area contributed by atoms with Crippen LogP contribution in [-0.4, -0.2) is 4.57 Å². The van der Waals surface area contributed by atoms with Gasteiger partial charge in [0.15, 0.2) is 0 Å². The predicted molar refractivity (Wildman–Crippen MR) is 252 cm³/mol. The Hall–Kier alpha value is -6.72. The monoisotopic (exact) mass is 776 g/mol. The van der Waals surface area contributed by atoms with Crippen LogP contribution in [0.15, 0.2) is 188 Å². The molecule has 3 heterocycles. The minimum atomic E-state index is 0.985. The van der Waals surface area contributed by atoms with Gasteiger partial charge < -0.3 is 9.47 Å². The van der Waals surface area contributed by atoms with Crippen molar-refractivity contribution in [3.8, 4) is 16.8 Å². The summed E-state index contributed by atoms with van der Waals surface area (Å²) in [5.41, 5.74) is 13.9. The third-order valence-corrected chi connectivity index (χ3v) is 14.3. The van der Waals surface area contributed by atoms with Crippen LogP contribution in [0.4, 0.5) is 17.1 Å². The maximum atomic E-state index is 2.55. The van der Waals surface area contributed by atoms with Crippen molar-refractivity contribution in [2.75, 3.05) is 4.90 Å². The molecular weight excluding hydrogens is 741 g/mol. The Morgan fingerprint density at radius 3 is 1.84 bits per heavy atom. The topological polar surface area (TPSA) is 8.17 Å². The molecule has 3 aromatic heterocycles. The Balaban J connectivity index is 1.04. The number of allylic oxidation sites excluding steroid dienone is 1. The van der Waals surface area contributed by atoms with E-state index in [1.54, 1.807) is 0 Å². The van der Waals surface area contributed by atoms with Gasteiger partial charge in [0.25, 0.3) is 0 Å². The second-order valence-electron chi connectivity index (χ2n) is 15.2. The number of thiophene rings is 2. The number of hydrogen-bond acceptors (Lipinski definition) is 3. The van der Waals surface area contributed by atoms with E-state index in [4.69, 9.17) is 0 Å². The quantitative estimate of drug-likeness (QED) is 0.163. The third kappa shape index (κ3) is 5.30. The van der Waals surface area contributed by atoms with Crippen LogP contribution in [0.1, 0.15) is 23.2 Å². The minimum absolute atomic E-state index is 0.985. The van der Waals surface area contributed by atoms with Crippen LogP contribution >= 0.6 is 22.7 Å². The molecule has 11 aromatic rings. The van der Waals surface area contributed by atoms with Crippen LogP contribution in [0.2, 0.25) is 0 Å². The van der Waals surface area contributed by atoms with Crippen LogP contribution < -0.4 is 4.90 Å². The van der Waals surface area contributed by atoms with Gasteiger partial charge in [-0.25, -0.2) is 0 Å². The highest BCUT2D eigenvalue weighted by Gasteiger charge is 2.24. The molecule has 12 rings (SSSR count). The molecule has 0 radical (unpaired) electrons. The number of para-hydroxylation sites is 2. The number of anilines is 3. The molecule has 0 saturated carbocycles. The standard InChI is InChI=1S/C54H36N2S2/c1-3-14-35(15-4-1)37-28-31-49-46(32-37)41-18-7-10-22-48(41)56(49)40-33-45(53-47(34-40)43-20-9-12-25-52(43)57-53)36-26-29-39(30-27-36)55(38-16-5-2-6-17-38)50-23-13-21-44-42-19-8-11-24-51(42)58-54(44)50/h1-27,29-30,32-34H,28,31H2. The molecule has 0 amide bonds. The first-order valence-corrected chi connectivity index (χ1v) is 21.6. The zero-order valence-corrected chi connectivity index (χ0v) is 33.2. The molecule has 0 saturated heterocycles. The molecule has 0 atom stereocenters. The van der Waals surface area contributed by atoms with E-state index in [0.29, 0.717) is 0 Å². The van der Waals surface area contributed by atoms with E-state index in [1.807, 2.05) is 22.7 Å².